The number of benzene rings is 1. The second-order valence-electron chi connectivity index (χ2n) is 10.5. The first-order valence-corrected chi connectivity index (χ1v) is 14.3. The Kier molecular flexibility index (Phi) is 5.73. The van der Waals surface area contributed by atoms with Gasteiger partial charge < -0.3 is 23.7 Å². The van der Waals surface area contributed by atoms with Gasteiger partial charge in [0, 0.05) is 6.42 Å². The van der Waals surface area contributed by atoms with Crippen LogP contribution < -0.4 is 0 Å². The molecule has 29 heavy (non-hydrogen) atoms. The summed E-state index contributed by atoms with van der Waals surface area (Å²) in [5, 5.41) is 0. The van der Waals surface area contributed by atoms with Crippen molar-refractivity contribution in [3.8, 4) is 0 Å². The van der Waals surface area contributed by atoms with Crippen molar-refractivity contribution in [1.29, 1.82) is 0 Å². The van der Waals surface area contributed by atoms with Crippen LogP contribution >= 0.6 is 0 Å². The van der Waals surface area contributed by atoms with E-state index in [1.165, 1.54) is 11.6 Å². The Labute approximate surface area is 176 Å². The van der Waals surface area contributed by atoms with E-state index in [2.05, 4.69) is 43.4 Å². The Morgan fingerprint density at radius 1 is 0.897 bits per heavy atom. The van der Waals surface area contributed by atoms with Crippen LogP contribution in [0.3, 0.4) is 0 Å². The molecule has 1 aromatic rings. The molecule has 0 aromatic heterocycles. The minimum atomic E-state index is -1.46. The molecule has 4 rings (SSSR count). The van der Waals surface area contributed by atoms with Crippen LogP contribution in [0.25, 0.3) is 0 Å². The molecular weight excluding hydrogens is 384 g/mol. The zero-order valence-electron chi connectivity index (χ0n) is 18.6. The van der Waals surface area contributed by atoms with Gasteiger partial charge in [-0.15, -0.1) is 0 Å². The van der Waals surface area contributed by atoms with Crippen molar-refractivity contribution in [2.24, 2.45) is 0 Å². The van der Waals surface area contributed by atoms with E-state index < -0.39 is 19.6 Å². The van der Waals surface area contributed by atoms with E-state index in [1.807, 2.05) is 27.7 Å². The van der Waals surface area contributed by atoms with Gasteiger partial charge in [-0.05, 0) is 39.8 Å². The molecule has 162 valence electrons. The third-order valence-corrected chi connectivity index (χ3v) is 9.02. The predicted molar refractivity (Wildman–Crippen MR) is 114 cm³/mol. The van der Waals surface area contributed by atoms with E-state index in [4.69, 9.17) is 23.7 Å². The van der Waals surface area contributed by atoms with Crippen LogP contribution in [0.1, 0.15) is 39.7 Å². The van der Waals surface area contributed by atoms with E-state index in [9.17, 15) is 0 Å². The maximum Gasteiger partial charge on any atom is 0.163 e. The number of ether oxygens (including phenoxy) is 5. The van der Waals surface area contributed by atoms with E-state index in [0.717, 1.165) is 12.5 Å². The summed E-state index contributed by atoms with van der Waals surface area (Å²) in [6, 6.07) is 13.1. The van der Waals surface area contributed by atoms with Crippen LogP contribution in [0.4, 0.5) is 0 Å². The Morgan fingerprint density at radius 3 is 2.24 bits per heavy atom. The maximum atomic E-state index is 6.57. The number of hydrogen-bond acceptors (Lipinski definition) is 5. The van der Waals surface area contributed by atoms with Crippen molar-refractivity contribution in [2.75, 3.05) is 6.61 Å². The fraction of sp³-hybridized carbons (Fsp3) is 0.739. The summed E-state index contributed by atoms with van der Waals surface area (Å²) < 4.78 is 31.1. The number of hydrogen-bond donors (Lipinski definition) is 0. The van der Waals surface area contributed by atoms with Crippen LogP contribution in [-0.4, -0.2) is 56.8 Å². The molecule has 0 amide bonds. The fourth-order valence-electron chi connectivity index (χ4n) is 5.08. The van der Waals surface area contributed by atoms with Gasteiger partial charge in [-0.3, -0.25) is 0 Å². The molecular formula is C23H36O5Si. The largest absolute Gasteiger partial charge is 0.370 e. The smallest absolute Gasteiger partial charge is 0.163 e. The topological polar surface area (TPSA) is 46.2 Å². The maximum absolute atomic E-state index is 6.57. The van der Waals surface area contributed by atoms with Gasteiger partial charge in [0.25, 0.3) is 0 Å². The summed E-state index contributed by atoms with van der Waals surface area (Å²) in [4.78, 5) is 0. The summed E-state index contributed by atoms with van der Waals surface area (Å²) in [6.45, 7) is 13.3. The molecule has 3 aliphatic rings. The lowest BCUT2D eigenvalue weighted by Gasteiger charge is -2.44. The monoisotopic (exact) mass is 420 g/mol. The van der Waals surface area contributed by atoms with Crippen LogP contribution in [0, 0.1) is 0 Å². The van der Waals surface area contributed by atoms with E-state index in [0.29, 0.717) is 6.61 Å². The van der Waals surface area contributed by atoms with E-state index >= 15 is 0 Å². The van der Waals surface area contributed by atoms with Crippen molar-refractivity contribution in [3.63, 3.8) is 0 Å². The number of rotatable bonds is 5. The molecule has 0 radical (unpaired) electrons. The molecule has 0 spiro atoms. The lowest BCUT2D eigenvalue weighted by Crippen LogP contribution is -2.57. The van der Waals surface area contributed by atoms with Gasteiger partial charge in [0.1, 0.15) is 18.3 Å². The summed E-state index contributed by atoms with van der Waals surface area (Å²) in [7, 11) is -1.46. The van der Waals surface area contributed by atoms with Crippen LogP contribution in [0.15, 0.2) is 30.3 Å². The average Bonchev–Trinajstić information content (AvgIpc) is 3.15. The van der Waals surface area contributed by atoms with Crippen molar-refractivity contribution in [3.05, 3.63) is 35.9 Å². The second-order valence-corrected chi connectivity index (χ2v) is 15.6. The molecule has 1 aromatic carbocycles. The van der Waals surface area contributed by atoms with Crippen molar-refractivity contribution in [2.45, 2.75) is 101 Å². The first kappa shape index (κ1) is 21.5. The van der Waals surface area contributed by atoms with Gasteiger partial charge in [0.15, 0.2) is 11.6 Å². The van der Waals surface area contributed by atoms with Gasteiger partial charge >= 0.3 is 0 Å². The van der Waals surface area contributed by atoms with Crippen molar-refractivity contribution >= 4 is 8.07 Å². The molecule has 5 atom stereocenters. The Morgan fingerprint density at radius 2 is 1.59 bits per heavy atom. The standard InChI is InChI=1S/C23H36O5Si/c1-22(2)24-13-19(27-22)21-20-18(26-23(3,4)28-21)12-17(25-20)15-29(5,6)14-16-10-8-7-9-11-16/h7-11,17-21H,12-15H2,1-6H3/t17-,18-,19+,20+,21+/m0/s1. The van der Waals surface area contributed by atoms with Crippen LogP contribution in [-0.2, 0) is 29.7 Å². The van der Waals surface area contributed by atoms with Crippen LogP contribution in [0.5, 0.6) is 0 Å². The minimum Gasteiger partial charge on any atom is -0.370 e. The molecule has 3 saturated heterocycles. The highest BCUT2D eigenvalue weighted by molar-refractivity contribution is 6.77. The lowest BCUT2D eigenvalue weighted by atomic mass is 9.99. The molecule has 0 bridgehead atoms. The van der Waals surface area contributed by atoms with Gasteiger partial charge in [0.2, 0.25) is 0 Å². The highest BCUT2D eigenvalue weighted by Gasteiger charge is 2.54. The highest BCUT2D eigenvalue weighted by atomic mass is 28.3. The van der Waals surface area contributed by atoms with Crippen LogP contribution in [0.2, 0.25) is 19.1 Å². The van der Waals surface area contributed by atoms with Gasteiger partial charge in [-0.1, -0.05) is 49.0 Å². The summed E-state index contributed by atoms with van der Waals surface area (Å²) in [6.07, 6.45) is 0.782. The molecule has 3 heterocycles. The average molecular weight is 421 g/mol. The fourth-order valence-corrected chi connectivity index (χ4v) is 8.06. The van der Waals surface area contributed by atoms with Gasteiger partial charge in [-0.2, -0.15) is 0 Å². The normalized spacial score (nSPS) is 36.1. The predicted octanol–water partition coefficient (Wildman–Crippen LogP) is 4.31. The van der Waals surface area contributed by atoms with Crippen molar-refractivity contribution in [1.82, 2.24) is 0 Å². The molecule has 0 aliphatic carbocycles. The van der Waals surface area contributed by atoms with E-state index in [-0.39, 0.29) is 30.5 Å². The molecule has 0 saturated carbocycles. The summed E-state index contributed by atoms with van der Waals surface area (Å²) >= 11 is 0. The Hall–Kier alpha value is -0.763. The zero-order valence-corrected chi connectivity index (χ0v) is 19.6. The number of fused-ring (bicyclic) bond motifs is 1. The van der Waals surface area contributed by atoms with E-state index in [1.54, 1.807) is 0 Å². The molecule has 5 nitrogen and oxygen atoms in total. The SMILES string of the molecule is CC1(C)O[C@H]([C@H]2COC(C)(C)O2)[C@@H]2O[C@H](C[Si](C)(C)Cc3ccccc3)C[C@@H]2O1. The second kappa shape index (κ2) is 7.73. The third-order valence-electron chi connectivity index (χ3n) is 6.09. The molecule has 0 N–H and O–H groups in total. The first-order chi connectivity index (χ1) is 13.5. The molecule has 0 unspecified atom stereocenters. The molecule has 3 fully saturated rings. The summed E-state index contributed by atoms with van der Waals surface area (Å²) in [5.74, 6) is -1.22. The van der Waals surface area contributed by atoms with Gasteiger partial charge in [0.05, 0.1) is 26.9 Å². The molecule has 6 heteroatoms. The highest BCUT2D eigenvalue weighted by Crippen LogP contribution is 2.42. The lowest BCUT2D eigenvalue weighted by molar-refractivity contribution is -0.337. The Bertz CT molecular complexity index is 704. The third kappa shape index (κ3) is 5.11. The minimum absolute atomic E-state index is 0.0441. The first-order valence-electron chi connectivity index (χ1n) is 10.9. The van der Waals surface area contributed by atoms with Gasteiger partial charge in [-0.25, -0.2) is 0 Å². The summed E-state index contributed by atoms with van der Waals surface area (Å²) in [5.41, 5.74) is 1.43. The van der Waals surface area contributed by atoms with Crippen molar-refractivity contribution < 1.29 is 23.7 Å². The quantitative estimate of drug-likeness (QED) is 0.665. The zero-order chi connectivity index (χ0) is 20.9. The molecule has 3 aliphatic heterocycles. The Balaban J connectivity index is 1.44.